The number of fused-ring (bicyclic) bond motifs is 1. The van der Waals surface area contributed by atoms with Crippen molar-refractivity contribution >= 4 is 17.3 Å². The molecule has 0 bridgehead atoms. The summed E-state index contributed by atoms with van der Waals surface area (Å²) < 4.78 is 24.2. The molecule has 0 saturated carbocycles. The van der Waals surface area contributed by atoms with Crippen molar-refractivity contribution in [2.24, 2.45) is 0 Å². The van der Waals surface area contributed by atoms with Crippen molar-refractivity contribution in [1.29, 1.82) is 0 Å². The number of ether oxygens (including phenoxy) is 2. The highest BCUT2D eigenvalue weighted by Crippen LogP contribution is 2.39. The highest BCUT2D eigenvalue weighted by atomic mass is 35.5. The van der Waals surface area contributed by atoms with Gasteiger partial charge in [-0.2, -0.15) is 0 Å². The van der Waals surface area contributed by atoms with Crippen LogP contribution in [0.4, 0.5) is 10.1 Å². The molecule has 1 N–H and O–H groups in total. The van der Waals surface area contributed by atoms with Crippen LogP contribution in [0.15, 0.2) is 30.6 Å². The highest BCUT2D eigenvalue weighted by Gasteiger charge is 2.16. The first-order chi connectivity index (χ1) is 10.1. The average Bonchev–Trinajstić information content (AvgIpc) is 2.48. The van der Waals surface area contributed by atoms with Crippen molar-refractivity contribution in [2.45, 2.75) is 13.0 Å². The first-order valence-corrected chi connectivity index (χ1v) is 6.97. The van der Waals surface area contributed by atoms with Crippen LogP contribution >= 0.6 is 11.6 Å². The fourth-order valence-electron chi connectivity index (χ4n) is 2.16. The predicted molar refractivity (Wildman–Crippen MR) is 78.7 cm³/mol. The van der Waals surface area contributed by atoms with Gasteiger partial charge in [0, 0.05) is 18.3 Å². The maximum Gasteiger partial charge on any atom is 0.163 e. The molecule has 0 fully saturated rings. The second kappa shape index (κ2) is 5.77. The van der Waals surface area contributed by atoms with Crippen LogP contribution in [-0.4, -0.2) is 18.2 Å². The Balaban J connectivity index is 1.84. The van der Waals surface area contributed by atoms with Crippen LogP contribution < -0.4 is 14.8 Å². The van der Waals surface area contributed by atoms with E-state index in [0.717, 1.165) is 5.56 Å². The van der Waals surface area contributed by atoms with Crippen LogP contribution in [-0.2, 0) is 0 Å². The van der Waals surface area contributed by atoms with Crippen molar-refractivity contribution in [1.82, 2.24) is 4.98 Å². The molecule has 3 rings (SSSR count). The van der Waals surface area contributed by atoms with Crippen molar-refractivity contribution in [3.8, 4) is 11.5 Å². The second-order valence-electron chi connectivity index (χ2n) is 4.78. The van der Waals surface area contributed by atoms with E-state index in [2.05, 4.69) is 10.3 Å². The van der Waals surface area contributed by atoms with Crippen LogP contribution in [0, 0.1) is 5.82 Å². The first kappa shape index (κ1) is 13.9. The van der Waals surface area contributed by atoms with E-state index >= 15 is 0 Å². The van der Waals surface area contributed by atoms with E-state index in [1.807, 2.05) is 6.92 Å². The third-order valence-electron chi connectivity index (χ3n) is 3.23. The summed E-state index contributed by atoms with van der Waals surface area (Å²) >= 11 is 6.24. The standard InChI is InChI=1S/C15H14ClFN2O2/c1-9(10-4-11(17)8-18-7-10)19-13-6-15-14(5-12(13)16)20-2-3-21-15/h4-9,19H,2-3H2,1H3. The number of hydrogen-bond acceptors (Lipinski definition) is 4. The molecular formula is C15H14ClFN2O2. The molecule has 1 aromatic heterocycles. The maximum atomic E-state index is 13.2. The maximum absolute atomic E-state index is 13.2. The number of anilines is 1. The summed E-state index contributed by atoms with van der Waals surface area (Å²) in [6.45, 7) is 2.93. The summed E-state index contributed by atoms with van der Waals surface area (Å²) in [6.07, 6.45) is 2.79. The number of aromatic nitrogens is 1. The molecule has 0 aliphatic carbocycles. The van der Waals surface area contributed by atoms with E-state index < -0.39 is 0 Å². The van der Waals surface area contributed by atoms with Gasteiger partial charge < -0.3 is 14.8 Å². The minimum absolute atomic E-state index is 0.145. The number of hydrogen-bond donors (Lipinski definition) is 1. The SMILES string of the molecule is CC(Nc1cc2c(cc1Cl)OCCO2)c1cncc(F)c1. The fraction of sp³-hybridized carbons (Fsp3) is 0.267. The summed E-state index contributed by atoms with van der Waals surface area (Å²) in [5.41, 5.74) is 1.44. The van der Waals surface area contributed by atoms with Gasteiger partial charge in [-0.1, -0.05) is 11.6 Å². The van der Waals surface area contributed by atoms with Crippen molar-refractivity contribution in [3.63, 3.8) is 0 Å². The van der Waals surface area contributed by atoms with Gasteiger partial charge in [0.2, 0.25) is 0 Å². The lowest BCUT2D eigenvalue weighted by molar-refractivity contribution is 0.171. The molecule has 1 aliphatic rings. The van der Waals surface area contributed by atoms with Crippen molar-refractivity contribution in [3.05, 3.63) is 47.0 Å². The summed E-state index contributed by atoms with van der Waals surface area (Å²) in [7, 11) is 0. The van der Waals surface area contributed by atoms with Crippen molar-refractivity contribution in [2.75, 3.05) is 18.5 Å². The first-order valence-electron chi connectivity index (χ1n) is 6.59. The molecule has 6 heteroatoms. The Bertz CT molecular complexity index is 666. The summed E-state index contributed by atoms with van der Waals surface area (Å²) in [5.74, 6) is 0.920. The molecular weight excluding hydrogens is 295 g/mol. The second-order valence-corrected chi connectivity index (χ2v) is 5.19. The van der Waals surface area contributed by atoms with Gasteiger partial charge in [0.1, 0.15) is 19.0 Å². The van der Waals surface area contributed by atoms with Crippen molar-refractivity contribution < 1.29 is 13.9 Å². The molecule has 2 heterocycles. The van der Waals surface area contributed by atoms with E-state index in [-0.39, 0.29) is 11.9 Å². The molecule has 1 atom stereocenters. The Morgan fingerprint density at radius 1 is 1.19 bits per heavy atom. The van der Waals surface area contributed by atoms with E-state index in [1.54, 1.807) is 18.3 Å². The molecule has 0 saturated heterocycles. The Morgan fingerprint density at radius 3 is 2.62 bits per heavy atom. The summed E-state index contributed by atoms with van der Waals surface area (Å²) in [6, 6.07) is 4.80. The lowest BCUT2D eigenvalue weighted by Gasteiger charge is -2.22. The number of nitrogens with zero attached hydrogens (tertiary/aromatic N) is 1. The van der Waals surface area contributed by atoms with Gasteiger partial charge in [0.05, 0.1) is 22.9 Å². The van der Waals surface area contributed by atoms with Crippen LogP contribution in [0.1, 0.15) is 18.5 Å². The van der Waals surface area contributed by atoms with Crippen LogP contribution in [0.25, 0.3) is 0 Å². The minimum Gasteiger partial charge on any atom is -0.486 e. The molecule has 1 unspecified atom stereocenters. The Labute approximate surface area is 126 Å². The lowest BCUT2D eigenvalue weighted by atomic mass is 10.1. The van der Waals surface area contributed by atoms with Crippen LogP contribution in [0.5, 0.6) is 11.5 Å². The third-order valence-corrected chi connectivity index (χ3v) is 3.54. The monoisotopic (exact) mass is 308 g/mol. The molecule has 0 amide bonds. The molecule has 0 spiro atoms. The Kier molecular flexibility index (Phi) is 3.84. The van der Waals surface area contributed by atoms with Crippen LogP contribution in [0.3, 0.4) is 0 Å². The normalized spacial score (nSPS) is 14.6. The highest BCUT2D eigenvalue weighted by molar-refractivity contribution is 6.33. The van der Waals surface area contributed by atoms with E-state index in [4.69, 9.17) is 21.1 Å². The smallest absolute Gasteiger partial charge is 0.163 e. The molecule has 2 aromatic rings. The zero-order chi connectivity index (χ0) is 14.8. The van der Waals surface area contributed by atoms with Gasteiger partial charge in [0.15, 0.2) is 11.5 Å². The number of nitrogens with one attached hydrogen (secondary N) is 1. The van der Waals surface area contributed by atoms with Gasteiger partial charge in [-0.05, 0) is 18.6 Å². The minimum atomic E-state index is -0.366. The Hall–Kier alpha value is -2.01. The number of benzene rings is 1. The lowest BCUT2D eigenvalue weighted by Crippen LogP contribution is -2.16. The molecule has 1 aliphatic heterocycles. The van der Waals surface area contributed by atoms with Gasteiger partial charge >= 0.3 is 0 Å². The number of pyridine rings is 1. The molecule has 0 radical (unpaired) electrons. The molecule has 21 heavy (non-hydrogen) atoms. The zero-order valence-electron chi connectivity index (χ0n) is 11.4. The van der Waals surface area contributed by atoms with E-state index in [1.165, 1.54) is 12.3 Å². The van der Waals surface area contributed by atoms with Gasteiger partial charge in [0.25, 0.3) is 0 Å². The predicted octanol–water partition coefficient (Wildman–Crippen LogP) is 3.82. The largest absolute Gasteiger partial charge is 0.486 e. The average molecular weight is 309 g/mol. The number of halogens is 2. The molecule has 1 aromatic carbocycles. The van der Waals surface area contributed by atoms with Gasteiger partial charge in [-0.3, -0.25) is 4.98 Å². The van der Waals surface area contributed by atoms with E-state index in [0.29, 0.717) is 35.4 Å². The fourth-order valence-corrected chi connectivity index (χ4v) is 2.36. The van der Waals surface area contributed by atoms with Gasteiger partial charge in [-0.15, -0.1) is 0 Å². The molecule has 4 nitrogen and oxygen atoms in total. The van der Waals surface area contributed by atoms with Crippen LogP contribution in [0.2, 0.25) is 5.02 Å². The zero-order valence-corrected chi connectivity index (χ0v) is 12.2. The molecule has 110 valence electrons. The number of rotatable bonds is 3. The third kappa shape index (κ3) is 3.03. The van der Waals surface area contributed by atoms with E-state index in [9.17, 15) is 4.39 Å². The van der Waals surface area contributed by atoms with Gasteiger partial charge in [-0.25, -0.2) is 4.39 Å². The topological polar surface area (TPSA) is 43.4 Å². The summed E-state index contributed by atoms with van der Waals surface area (Å²) in [5, 5.41) is 3.75. The quantitative estimate of drug-likeness (QED) is 0.936. The summed E-state index contributed by atoms with van der Waals surface area (Å²) in [4.78, 5) is 3.85. The Morgan fingerprint density at radius 2 is 1.90 bits per heavy atom.